The highest BCUT2D eigenvalue weighted by atomic mass is 16.5. The summed E-state index contributed by atoms with van der Waals surface area (Å²) < 4.78 is 4.43. The van der Waals surface area contributed by atoms with E-state index in [2.05, 4.69) is 20.0 Å². The van der Waals surface area contributed by atoms with Gasteiger partial charge in [0.2, 0.25) is 0 Å². The lowest BCUT2D eigenvalue weighted by atomic mass is 10.1. The van der Waals surface area contributed by atoms with Gasteiger partial charge in [-0.1, -0.05) is 12.1 Å². The Bertz CT molecular complexity index is 1080. The number of aromatic nitrogens is 2. The number of ether oxygens (including phenoxy) is 1. The van der Waals surface area contributed by atoms with E-state index in [-0.39, 0.29) is 22.9 Å². The molecule has 0 aliphatic rings. The van der Waals surface area contributed by atoms with Crippen molar-refractivity contribution in [3.8, 4) is 5.75 Å². The molecule has 3 aromatic rings. The third kappa shape index (κ3) is 3.00. The highest BCUT2D eigenvalue weighted by molar-refractivity contribution is 6.16. The van der Waals surface area contributed by atoms with Crippen LogP contribution >= 0.6 is 0 Å². The van der Waals surface area contributed by atoms with E-state index >= 15 is 0 Å². The first-order valence-corrected chi connectivity index (χ1v) is 7.63. The predicted molar refractivity (Wildman–Crippen MR) is 93.9 cm³/mol. The van der Waals surface area contributed by atoms with E-state index in [1.54, 1.807) is 12.1 Å². The lowest BCUT2D eigenvalue weighted by Gasteiger charge is -2.04. The Morgan fingerprint density at radius 2 is 2.00 bits per heavy atom. The van der Waals surface area contributed by atoms with Crippen molar-refractivity contribution in [3.63, 3.8) is 0 Å². The van der Waals surface area contributed by atoms with E-state index in [1.807, 2.05) is 0 Å². The molecule has 3 N–H and O–H groups in total. The lowest BCUT2D eigenvalue weighted by Crippen LogP contribution is -2.20. The number of methoxy groups -OCH3 is 1. The number of carbonyl (C=O) groups is 3. The van der Waals surface area contributed by atoms with Crippen molar-refractivity contribution in [2.75, 3.05) is 7.11 Å². The zero-order valence-corrected chi connectivity index (χ0v) is 14.0. The van der Waals surface area contributed by atoms with Gasteiger partial charge in [0.25, 0.3) is 5.91 Å². The number of ketones is 1. The second-order valence-electron chi connectivity index (χ2n) is 5.49. The van der Waals surface area contributed by atoms with Crippen molar-refractivity contribution in [3.05, 3.63) is 47.9 Å². The van der Waals surface area contributed by atoms with Gasteiger partial charge in [0.05, 0.1) is 18.1 Å². The van der Waals surface area contributed by atoms with Crippen LogP contribution in [0.3, 0.4) is 0 Å². The molecular weight excluding hydrogens is 338 g/mol. The van der Waals surface area contributed by atoms with Gasteiger partial charge in [-0.15, -0.1) is 0 Å². The lowest BCUT2D eigenvalue weighted by molar-refractivity contribution is -0.134. The number of phenols is 1. The monoisotopic (exact) mass is 353 g/mol. The van der Waals surface area contributed by atoms with Crippen LogP contribution in [-0.4, -0.2) is 39.8 Å². The van der Waals surface area contributed by atoms with Crippen LogP contribution in [0.5, 0.6) is 5.75 Å². The molecule has 0 saturated heterocycles. The number of phenolic OH excluding ortho intramolecular Hbond substituents is 1. The number of para-hydroxylation sites is 1. The Hall–Kier alpha value is -3.68. The summed E-state index contributed by atoms with van der Waals surface area (Å²) >= 11 is 0. The molecule has 0 atom stereocenters. The summed E-state index contributed by atoms with van der Waals surface area (Å²) in [6, 6.07) is 6.46. The van der Waals surface area contributed by atoms with Crippen LogP contribution in [-0.2, 0) is 9.53 Å². The molecule has 1 amide bonds. The Balaban J connectivity index is 2.12. The number of amides is 1. The van der Waals surface area contributed by atoms with Crippen LogP contribution in [0.4, 0.5) is 0 Å². The first kappa shape index (κ1) is 17.2. The molecule has 0 radical (unpaired) electrons. The Kier molecular flexibility index (Phi) is 4.40. The third-order valence-corrected chi connectivity index (χ3v) is 3.80. The van der Waals surface area contributed by atoms with E-state index in [0.29, 0.717) is 21.8 Å². The number of nitrogens with one attached hydrogen (secondary N) is 2. The number of aromatic amines is 1. The number of pyridine rings is 1. The quantitative estimate of drug-likeness (QED) is 0.375. The molecule has 0 aliphatic heterocycles. The van der Waals surface area contributed by atoms with E-state index in [4.69, 9.17) is 0 Å². The van der Waals surface area contributed by atoms with Gasteiger partial charge in [0, 0.05) is 30.0 Å². The van der Waals surface area contributed by atoms with Gasteiger partial charge < -0.3 is 20.1 Å². The van der Waals surface area contributed by atoms with Crippen LogP contribution in [0, 0.1) is 0 Å². The smallest absolute Gasteiger partial charge is 0.331 e. The van der Waals surface area contributed by atoms with E-state index in [1.165, 1.54) is 26.2 Å². The van der Waals surface area contributed by atoms with E-state index in [0.717, 1.165) is 12.3 Å². The van der Waals surface area contributed by atoms with Crippen molar-refractivity contribution in [2.45, 2.75) is 6.92 Å². The van der Waals surface area contributed by atoms with Crippen LogP contribution in [0.15, 0.2) is 36.5 Å². The largest absolute Gasteiger partial charge is 0.506 e. The van der Waals surface area contributed by atoms with Gasteiger partial charge in [0.1, 0.15) is 17.1 Å². The number of fused-ring (bicyclic) bond motifs is 3. The van der Waals surface area contributed by atoms with Crippen LogP contribution < -0.4 is 5.32 Å². The molecule has 2 aromatic heterocycles. The molecular formula is C18H15N3O5. The maximum absolute atomic E-state index is 12.3. The van der Waals surface area contributed by atoms with Crippen molar-refractivity contribution in [1.29, 1.82) is 0 Å². The summed E-state index contributed by atoms with van der Waals surface area (Å²) in [7, 11) is 1.22. The number of hydrogen-bond acceptors (Lipinski definition) is 6. The molecule has 0 saturated carbocycles. The second kappa shape index (κ2) is 6.67. The summed E-state index contributed by atoms with van der Waals surface area (Å²) in [5.41, 5.74) is 0.979. The minimum atomic E-state index is -0.620. The van der Waals surface area contributed by atoms with Crippen LogP contribution in [0.25, 0.3) is 21.8 Å². The van der Waals surface area contributed by atoms with Gasteiger partial charge in [-0.25, -0.2) is 9.78 Å². The maximum Gasteiger partial charge on any atom is 0.331 e. The van der Waals surface area contributed by atoms with Crippen molar-refractivity contribution < 1.29 is 24.2 Å². The summed E-state index contributed by atoms with van der Waals surface area (Å²) in [6.07, 6.45) is 2.18. The summed E-state index contributed by atoms with van der Waals surface area (Å²) in [5, 5.41) is 13.6. The molecule has 3 rings (SSSR count). The van der Waals surface area contributed by atoms with Gasteiger partial charge in [-0.3, -0.25) is 9.59 Å². The number of esters is 1. The first-order valence-electron chi connectivity index (χ1n) is 7.63. The zero-order valence-electron chi connectivity index (χ0n) is 14.0. The fourth-order valence-corrected chi connectivity index (χ4v) is 2.60. The fraction of sp³-hybridized carbons (Fsp3) is 0.111. The Morgan fingerprint density at radius 3 is 2.69 bits per heavy atom. The highest BCUT2D eigenvalue weighted by Gasteiger charge is 2.18. The van der Waals surface area contributed by atoms with Crippen LogP contribution in [0.1, 0.15) is 27.9 Å². The standard InChI is InChI=1S/C18H15N3O5/c1-9(22)15-17-11(10-4-3-5-13(23)16(10)21-17)8-12(20-15)18(25)19-7-6-14(24)26-2/h3-8,21,23H,1-2H3,(H,19,25)/b7-6-. The molecule has 0 fully saturated rings. The number of Topliss-reactive ketones (excluding diaryl/α,β-unsaturated/α-hetero) is 1. The van der Waals surface area contributed by atoms with Gasteiger partial charge in [-0.05, 0) is 12.1 Å². The fourth-order valence-electron chi connectivity index (χ4n) is 2.60. The third-order valence-electron chi connectivity index (χ3n) is 3.80. The zero-order chi connectivity index (χ0) is 18.8. The highest BCUT2D eigenvalue weighted by Crippen LogP contribution is 2.32. The molecule has 0 spiro atoms. The second-order valence-corrected chi connectivity index (χ2v) is 5.49. The Morgan fingerprint density at radius 1 is 1.23 bits per heavy atom. The number of H-pyrrole nitrogens is 1. The normalized spacial score (nSPS) is 11.2. The number of carbonyl (C=O) groups excluding carboxylic acids is 3. The molecule has 8 heteroatoms. The van der Waals surface area contributed by atoms with Crippen molar-refractivity contribution in [2.24, 2.45) is 0 Å². The molecule has 1 aromatic carbocycles. The number of nitrogens with zero attached hydrogens (tertiary/aromatic N) is 1. The molecule has 26 heavy (non-hydrogen) atoms. The average Bonchev–Trinajstić information content (AvgIpc) is 3.00. The summed E-state index contributed by atoms with van der Waals surface area (Å²) in [5.74, 6) is -1.52. The van der Waals surface area contributed by atoms with Crippen molar-refractivity contribution in [1.82, 2.24) is 15.3 Å². The summed E-state index contributed by atoms with van der Waals surface area (Å²) in [6.45, 7) is 1.34. The summed E-state index contributed by atoms with van der Waals surface area (Å²) in [4.78, 5) is 42.4. The van der Waals surface area contributed by atoms with E-state index in [9.17, 15) is 19.5 Å². The first-order chi connectivity index (χ1) is 12.4. The Labute approximate surface area is 147 Å². The minimum Gasteiger partial charge on any atom is -0.506 e. The minimum absolute atomic E-state index is 0.00135. The molecule has 8 nitrogen and oxygen atoms in total. The van der Waals surface area contributed by atoms with Crippen molar-refractivity contribution >= 4 is 39.5 Å². The van der Waals surface area contributed by atoms with Gasteiger partial charge in [0.15, 0.2) is 5.78 Å². The number of aromatic hydroxyl groups is 1. The van der Waals surface area contributed by atoms with Gasteiger partial charge >= 0.3 is 5.97 Å². The molecule has 0 aliphatic carbocycles. The topological polar surface area (TPSA) is 121 Å². The SMILES string of the molecule is COC(=O)/C=C\NC(=O)c1cc2c([nH]c3c(O)cccc32)c(C(C)=O)n1. The number of rotatable bonds is 4. The predicted octanol–water partition coefficient (Wildman–Crippen LogP) is 2.04. The van der Waals surface area contributed by atoms with Gasteiger partial charge in [-0.2, -0.15) is 0 Å². The van der Waals surface area contributed by atoms with Crippen LogP contribution in [0.2, 0.25) is 0 Å². The molecule has 0 unspecified atom stereocenters. The number of benzene rings is 1. The average molecular weight is 353 g/mol. The molecule has 2 heterocycles. The maximum atomic E-state index is 12.3. The molecule has 0 bridgehead atoms. The number of hydrogen-bond donors (Lipinski definition) is 3. The molecule has 132 valence electrons. The van der Waals surface area contributed by atoms with E-state index < -0.39 is 11.9 Å².